The first-order chi connectivity index (χ1) is 7.36. The Labute approximate surface area is 91.8 Å². The van der Waals surface area contributed by atoms with E-state index < -0.39 is 0 Å². The van der Waals surface area contributed by atoms with Crippen LogP contribution in [-0.2, 0) is 4.74 Å². The van der Waals surface area contributed by atoms with Crippen molar-refractivity contribution in [2.24, 2.45) is 0 Å². The molecule has 0 radical (unpaired) electrons. The number of terminal acetylenes is 1. The van der Waals surface area contributed by atoms with E-state index in [1.165, 1.54) is 0 Å². The van der Waals surface area contributed by atoms with Gasteiger partial charge in [-0.05, 0) is 0 Å². The van der Waals surface area contributed by atoms with Crippen molar-refractivity contribution in [1.29, 1.82) is 0 Å². The van der Waals surface area contributed by atoms with Gasteiger partial charge < -0.3 is 9.84 Å². The van der Waals surface area contributed by atoms with Crippen LogP contribution in [0.1, 0.15) is 0 Å². The summed E-state index contributed by atoms with van der Waals surface area (Å²) in [5.41, 5.74) is 0. The molecule has 0 aromatic carbocycles. The Morgan fingerprint density at radius 3 is 2.40 bits per heavy atom. The molecule has 1 saturated heterocycles. The summed E-state index contributed by atoms with van der Waals surface area (Å²) in [4.78, 5) is 4.65. The number of ether oxygens (including phenoxy) is 1. The molecule has 1 N–H and O–H groups in total. The van der Waals surface area contributed by atoms with Crippen molar-refractivity contribution < 1.29 is 9.84 Å². The van der Waals surface area contributed by atoms with Crippen LogP contribution in [-0.4, -0.2) is 74.0 Å². The van der Waals surface area contributed by atoms with Crippen LogP contribution in [0.5, 0.6) is 0 Å². The Morgan fingerprint density at radius 2 is 1.80 bits per heavy atom. The molecular weight excluding hydrogens is 192 g/mol. The maximum Gasteiger partial charge on any atom is 0.0698 e. The van der Waals surface area contributed by atoms with E-state index in [1.54, 1.807) is 0 Å². The van der Waals surface area contributed by atoms with Gasteiger partial charge in [0.1, 0.15) is 0 Å². The summed E-state index contributed by atoms with van der Waals surface area (Å²) in [6.45, 7) is 7.17. The Kier molecular flexibility index (Phi) is 6.37. The molecule has 15 heavy (non-hydrogen) atoms. The third kappa shape index (κ3) is 5.14. The lowest BCUT2D eigenvalue weighted by atomic mass is 10.3. The Bertz CT molecular complexity index is 195. The van der Waals surface area contributed by atoms with Crippen molar-refractivity contribution in [2.45, 2.75) is 0 Å². The highest BCUT2D eigenvalue weighted by Gasteiger charge is 2.14. The van der Waals surface area contributed by atoms with E-state index in [4.69, 9.17) is 16.3 Å². The average molecular weight is 212 g/mol. The molecule has 1 aliphatic rings. The van der Waals surface area contributed by atoms with Crippen molar-refractivity contribution in [3.63, 3.8) is 0 Å². The molecule has 0 unspecified atom stereocenters. The zero-order valence-corrected chi connectivity index (χ0v) is 9.19. The average Bonchev–Trinajstić information content (AvgIpc) is 2.27. The van der Waals surface area contributed by atoms with E-state index in [0.29, 0.717) is 13.2 Å². The van der Waals surface area contributed by atoms with Crippen LogP contribution in [0, 0.1) is 12.3 Å². The van der Waals surface area contributed by atoms with E-state index in [9.17, 15) is 0 Å². The highest BCUT2D eigenvalue weighted by atomic mass is 16.5. The third-order valence-corrected chi connectivity index (χ3v) is 2.57. The van der Waals surface area contributed by atoms with Crippen molar-refractivity contribution in [3.05, 3.63) is 0 Å². The van der Waals surface area contributed by atoms with E-state index in [-0.39, 0.29) is 6.61 Å². The summed E-state index contributed by atoms with van der Waals surface area (Å²) in [6, 6.07) is 0. The van der Waals surface area contributed by atoms with Gasteiger partial charge in [-0.2, -0.15) is 0 Å². The van der Waals surface area contributed by atoms with Gasteiger partial charge in [0.15, 0.2) is 0 Å². The Balaban J connectivity index is 2.02. The van der Waals surface area contributed by atoms with E-state index in [1.807, 2.05) is 0 Å². The van der Waals surface area contributed by atoms with Gasteiger partial charge in [0.2, 0.25) is 0 Å². The minimum absolute atomic E-state index is 0.107. The van der Waals surface area contributed by atoms with Gasteiger partial charge in [0, 0.05) is 32.7 Å². The summed E-state index contributed by atoms with van der Waals surface area (Å²) >= 11 is 0. The fourth-order valence-electron chi connectivity index (χ4n) is 1.66. The SMILES string of the molecule is C#CCN1CCN(CCOCCO)CC1. The van der Waals surface area contributed by atoms with Crippen LogP contribution >= 0.6 is 0 Å². The van der Waals surface area contributed by atoms with Gasteiger partial charge in [-0.25, -0.2) is 0 Å². The molecule has 0 aliphatic carbocycles. The standard InChI is InChI=1S/C11H20N2O2/c1-2-3-12-4-6-13(7-5-12)8-10-15-11-9-14/h1,14H,3-11H2. The molecule has 86 valence electrons. The Hall–Kier alpha value is -0.600. The number of hydrogen-bond acceptors (Lipinski definition) is 4. The van der Waals surface area contributed by atoms with E-state index in [0.717, 1.165) is 39.3 Å². The second kappa shape index (κ2) is 7.66. The zero-order valence-electron chi connectivity index (χ0n) is 9.19. The normalized spacial score (nSPS) is 18.9. The van der Waals surface area contributed by atoms with Crippen LogP contribution < -0.4 is 0 Å². The lowest BCUT2D eigenvalue weighted by Crippen LogP contribution is -2.47. The van der Waals surface area contributed by atoms with Gasteiger partial charge in [0.25, 0.3) is 0 Å². The summed E-state index contributed by atoms with van der Waals surface area (Å²) < 4.78 is 5.22. The first-order valence-corrected chi connectivity index (χ1v) is 5.43. The van der Waals surface area contributed by atoms with Crippen LogP contribution in [0.3, 0.4) is 0 Å². The highest BCUT2D eigenvalue weighted by Crippen LogP contribution is 2.00. The molecule has 0 atom stereocenters. The molecule has 1 heterocycles. The summed E-state index contributed by atoms with van der Waals surface area (Å²) in [7, 11) is 0. The van der Waals surface area contributed by atoms with Gasteiger partial charge in [-0.15, -0.1) is 6.42 Å². The molecular formula is C11H20N2O2. The maximum atomic E-state index is 8.53. The smallest absolute Gasteiger partial charge is 0.0698 e. The predicted molar refractivity (Wildman–Crippen MR) is 59.6 cm³/mol. The molecule has 0 aromatic heterocycles. The molecule has 4 heteroatoms. The van der Waals surface area contributed by atoms with Crippen molar-refractivity contribution >= 4 is 0 Å². The quantitative estimate of drug-likeness (QED) is 0.464. The second-order valence-electron chi connectivity index (χ2n) is 3.66. The van der Waals surface area contributed by atoms with Crippen molar-refractivity contribution in [1.82, 2.24) is 9.80 Å². The van der Waals surface area contributed by atoms with Crippen molar-refractivity contribution in [2.75, 3.05) is 59.1 Å². The number of aliphatic hydroxyl groups is 1. The number of piperazine rings is 1. The second-order valence-corrected chi connectivity index (χ2v) is 3.66. The molecule has 1 fully saturated rings. The molecule has 1 rings (SSSR count). The van der Waals surface area contributed by atoms with Crippen molar-refractivity contribution in [3.8, 4) is 12.3 Å². The van der Waals surface area contributed by atoms with Crippen LogP contribution in [0.15, 0.2) is 0 Å². The monoisotopic (exact) mass is 212 g/mol. The first-order valence-electron chi connectivity index (χ1n) is 5.43. The maximum absolute atomic E-state index is 8.53. The molecule has 0 spiro atoms. The molecule has 0 bridgehead atoms. The van der Waals surface area contributed by atoms with E-state index in [2.05, 4.69) is 15.7 Å². The summed E-state index contributed by atoms with van der Waals surface area (Å²) in [6.07, 6.45) is 5.26. The molecule has 0 aromatic rings. The molecule has 0 saturated carbocycles. The first kappa shape index (κ1) is 12.5. The molecule has 0 amide bonds. The highest BCUT2D eigenvalue weighted by molar-refractivity contribution is 4.89. The van der Waals surface area contributed by atoms with Crippen LogP contribution in [0.4, 0.5) is 0 Å². The fourth-order valence-corrected chi connectivity index (χ4v) is 1.66. The molecule has 4 nitrogen and oxygen atoms in total. The lowest BCUT2D eigenvalue weighted by molar-refractivity contribution is 0.0596. The predicted octanol–water partition coefficient (Wildman–Crippen LogP) is -0.754. The largest absolute Gasteiger partial charge is 0.394 e. The number of rotatable bonds is 6. The topological polar surface area (TPSA) is 35.9 Å². The number of aliphatic hydroxyl groups excluding tert-OH is 1. The minimum atomic E-state index is 0.107. The Morgan fingerprint density at radius 1 is 1.13 bits per heavy atom. The van der Waals surface area contributed by atoms with Gasteiger partial charge >= 0.3 is 0 Å². The zero-order chi connectivity index (χ0) is 10.9. The minimum Gasteiger partial charge on any atom is -0.394 e. The summed E-state index contributed by atoms with van der Waals surface area (Å²) in [5.74, 6) is 2.67. The van der Waals surface area contributed by atoms with E-state index >= 15 is 0 Å². The van der Waals surface area contributed by atoms with Crippen LogP contribution in [0.25, 0.3) is 0 Å². The summed E-state index contributed by atoms with van der Waals surface area (Å²) in [5, 5.41) is 8.53. The van der Waals surface area contributed by atoms with Gasteiger partial charge in [-0.3, -0.25) is 9.80 Å². The number of nitrogens with zero attached hydrogens (tertiary/aromatic N) is 2. The number of hydrogen-bond donors (Lipinski definition) is 1. The lowest BCUT2D eigenvalue weighted by Gasteiger charge is -2.33. The van der Waals surface area contributed by atoms with Gasteiger partial charge in [-0.1, -0.05) is 5.92 Å². The van der Waals surface area contributed by atoms with Gasteiger partial charge in [0.05, 0.1) is 26.4 Å². The third-order valence-electron chi connectivity index (χ3n) is 2.57. The fraction of sp³-hybridized carbons (Fsp3) is 0.818. The van der Waals surface area contributed by atoms with Crippen LogP contribution in [0.2, 0.25) is 0 Å². The molecule has 1 aliphatic heterocycles.